The number of phenols is 1. The van der Waals surface area contributed by atoms with Crippen molar-refractivity contribution in [3.05, 3.63) is 53.1 Å². The lowest BCUT2D eigenvalue weighted by Gasteiger charge is -2.10. The van der Waals surface area contributed by atoms with Crippen molar-refractivity contribution in [3.8, 4) is 17.2 Å². The summed E-state index contributed by atoms with van der Waals surface area (Å²) in [4.78, 5) is 23.5. The highest BCUT2D eigenvalue weighted by atomic mass is 35.5. The van der Waals surface area contributed by atoms with E-state index in [0.29, 0.717) is 27.8 Å². The molecule has 0 aliphatic carbocycles. The summed E-state index contributed by atoms with van der Waals surface area (Å²) >= 11 is 6.09. The number of benzene rings is 2. The second kappa shape index (κ2) is 9.49. The highest BCUT2D eigenvalue weighted by molar-refractivity contribution is 6.32. The fraction of sp³-hybridized carbons (Fsp3) is 0.158. The molecule has 2 aromatic rings. The van der Waals surface area contributed by atoms with Crippen LogP contribution in [0.25, 0.3) is 6.08 Å². The lowest BCUT2D eigenvalue weighted by atomic mass is 10.2. The Kier molecular flexibility index (Phi) is 7.08. The minimum atomic E-state index is -0.693. The van der Waals surface area contributed by atoms with Crippen LogP contribution in [0.5, 0.6) is 17.2 Å². The van der Waals surface area contributed by atoms with Crippen LogP contribution in [0.2, 0.25) is 5.02 Å². The van der Waals surface area contributed by atoms with Crippen LogP contribution >= 0.6 is 11.6 Å². The summed E-state index contributed by atoms with van der Waals surface area (Å²) in [6.07, 6.45) is 2.65. The van der Waals surface area contributed by atoms with Crippen LogP contribution in [0.3, 0.4) is 0 Å². The molecule has 0 fully saturated rings. The molecule has 0 saturated carbocycles. The predicted octanol–water partition coefficient (Wildman–Crippen LogP) is 3.26. The van der Waals surface area contributed by atoms with E-state index in [1.54, 1.807) is 12.1 Å². The second-order valence-electron chi connectivity index (χ2n) is 5.27. The molecule has 0 unspecified atom stereocenters. The average Bonchev–Trinajstić information content (AvgIpc) is 2.66. The Morgan fingerprint density at radius 2 is 1.85 bits per heavy atom. The molecule has 0 atom stereocenters. The van der Waals surface area contributed by atoms with Gasteiger partial charge < -0.3 is 24.6 Å². The van der Waals surface area contributed by atoms with E-state index in [2.05, 4.69) is 5.32 Å². The summed E-state index contributed by atoms with van der Waals surface area (Å²) in [5.41, 5.74) is 1.08. The highest BCUT2D eigenvalue weighted by Gasteiger charge is 2.10. The third-order valence-electron chi connectivity index (χ3n) is 3.36. The van der Waals surface area contributed by atoms with Gasteiger partial charge in [0.2, 0.25) is 0 Å². The minimum Gasteiger partial charge on any atom is -0.508 e. The van der Waals surface area contributed by atoms with Crippen molar-refractivity contribution in [3.63, 3.8) is 0 Å². The van der Waals surface area contributed by atoms with Crippen molar-refractivity contribution >= 4 is 35.2 Å². The van der Waals surface area contributed by atoms with Gasteiger partial charge in [-0.15, -0.1) is 0 Å². The second-order valence-corrected chi connectivity index (χ2v) is 5.68. The molecule has 0 aromatic heterocycles. The van der Waals surface area contributed by atoms with Crippen molar-refractivity contribution < 1.29 is 28.9 Å². The maximum Gasteiger partial charge on any atom is 0.331 e. The molecule has 0 saturated heterocycles. The van der Waals surface area contributed by atoms with Gasteiger partial charge in [-0.1, -0.05) is 11.6 Å². The Hall–Kier alpha value is -3.19. The number of phenolic OH excluding ortho intramolecular Hbond substituents is 1. The summed E-state index contributed by atoms with van der Waals surface area (Å²) in [6.45, 7) is -0.448. The molecule has 7 nitrogen and oxygen atoms in total. The van der Waals surface area contributed by atoms with Gasteiger partial charge in [0, 0.05) is 11.8 Å². The zero-order valence-corrected chi connectivity index (χ0v) is 15.4. The quantitative estimate of drug-likeness (QED) is 0.427. The first-order valence-corrected chi connectivity index (χ1v) is 8.16. The van der Waals surface area contributed by atoms with E-state index in [1.807, 2.05) is 0 Å². The standard InChI is InChI=1S/C19H18ClNO6/c1-25-16-10-12(9-15(20)19(16)26-2)3-8-18(24)27-11-17(23)21-13-4-6-14(22)7-5-13/h3-10,22H,11H2,1-2H3,(H,21,23)/b8-3+. The van der Waals surface area contributed by atoms with Crippen LogP contribution in [0, 0.1) is 0 Å². The number of hydrogen-bond acceptors (Lipinski definition) is 6. The van der Waals surface area contributed by atoms with Gasteiger partial charge >= 0.3 is 5.97 Å². The molecule has 1 amide bonds. The topological polar surface area (TPSA) is 94.1 Å². The molecule has 2 rings (SSSR count). The van der Waals surface area contributed by atoms with Gasteiger partial charge in [0.1, 0.15) is 5.75 Å². The normalized spacial score (nSPS) is 10.5. The highest BCUT2D eigenvalue weighted by Crippen LogP contribution is 2.36. The van der Waals surface area contributed by atoms with Crippen LogP contribution in [0.15, 0.2) is 42.5 Å². The maximum absolute atomic E-state index is 11.8. The Labute approximate surface area is 161 Å². The third kappa shape index (κ3) is 5.93. The number of anilines is 1. The SMILES string of the molecule is COc1cc(/C=C/C(=O)OCC(=O)Nc2ccc(O)cc2)cc(Cl)c1OC. The van der Waals surface area contributed by atoms with Crippen LogP contribution in [0.1, 0.15) is 5.56 Å². The molecule has 2 N–H and O–H groups in total. The zero-order valence-electron chi connectivity index (χ0n) is 14.7. The Balaban J connectivity index is 1.90. The molecule has 0 spiro atoms. The summed E-state index contributed by atoms with van der Waals surface area (Å²) in [5, 5.41) is 12.1. The molecule has 27 heavy (non-hydrogen) atoms. The molecule has 0 heterocycles. The van der Waals surface area contributed by atoms with E-state index in [4.69, 9.17) is 25.8 Å². The van der Waals surface area contributed by atoms with E-state index in [0.717, 1.165) is 0 Å². The van der Waals surface area contributed by atoms with Gasteiger partial charge in [-0.25, -0.2) is 4.79 Å². The largest absolute Gasteiger partial charge is 0.508 e. The number of carbonyl (C=O) groups is 2. The fourth-order valence-corrected chi connectivity index (χ4v) is 2.42. The van der Waals surface area contributed by atoms with Gasteiger partial charge in [-0.3, -0.25) is 4.79 Å². The van der Waals surface area contributed by atoms with Crippen LogP contribution in [-0.2, 0) is 14.3 Å². The first-order chi connectivity index (χ1) is 12.9. The van der Waals surface area contributed by atoms with Crippen molar-refractivity contribution in [1.82, 2.24) is 0 Å². The number of methoxy groups -OCH3 is 2. The van der Waals surface area contributed by atoms with E-state index in [1.165, 1.54) is 50.6 Å². The Morgan fingerprint density at radius 3 is 2.48 bits per heavy atom. The monoisotopic (exact) mass is 391 g/mol. The molecule has 0 aliphatic heterocycles. The van der Waals surface area contributed by atoms with Gasteiger partial charge in [-0.05, 0) is 48.0 Å². The number of carbonyl (C=O) groups excluding carboxylic acids is 2. The van der Waals surface area contributed by atoms with E-state index in [9.17, 15) is 14.7 Å². The van der Waals surface area contributed by atoms with Crippen LogP contribution in [-0.4, -0.2) is 37.8 Å². The van der Waals surface area contributed by atoms with Crippen LogP contribution < -0.4 is 14.8 Å². The number of rotatable bonds is 7. The predicted molar refractivity (Wildman–Crippen MR) is 101 cm³/mol. The molecule has 0 bridgehead atoms. The lowest BCUT2D eigenvalue weighted by Crippen LogP contribution is -2.20. The van der Waals surface area contributed by atoms with Crippen molar-refractivity contribution in [1.29, 1.82) is 0 Å². The number of aromatic hydroxyl groups is 1. The number of halogens is 1. The summed E-state index contributed by atoms with van der Waals surface area (Å²) in [6, 6.07) is 9.15. The van der Waals surface area contributed by atoms with Crippen molar-refractivity contribution in [2.75, 3.05) is 26.1 Å². The van der Waals surface area contributed by atoms with Gasteiger partial charge in [0.15, 0.2) is 18.1 Å². The molecule has 2 aromatic carbocycles. The smallest absolute Gasteiger partial charge is 0.331 e. The number of nitrogens with one attached hydrogen (secondary N) is 1. The lowest BCUT2D eigenvalue weighted by molar-refractivity contribution is -0.142. The van der Waals surface area contributed by atoms with E-state index < -0.39 is 18.5 Å². The van der Waals surface area contributed by atoms with Crippen molar-refractivity contribution in [2.45, 2.75) is 0 Å². The summed E-state index contributed by atoms with van der Waals surface area (Å²) in [5.74, 6) is -0.297. The van der Waals surface area contributed by atoms with Gasteiger partial charge in [0.25, 0.3) is 5.91 Å². The molecule has 0 radical (unpaired) electrons. The maximum atomic E-state index is 11.8. The third-order valence-corrected chi connectivity index (χ3v) is 3.65. The Morgan fingerprint density at radius 1 is 1.15 bits per heavy atom. The first-order valence-electron chi connectivity index (χ1n) is 7.78. The number of amides is 1. The molecule has 8 heteroatoms. The van der Waals surface area contributed by atoms with Gasteiger partial charge in [-0.2, -0.15) is 0 Å². The Bertz CT molecular complexity index is 848. The number of ether oxygens (including phenoxy) is 3. The van der Waals surface area contributed by atoms with Crippen LogP contribution in [0.4, 0.5) is 5.69 Å². The summed E-state index contributed by atoms with van der Waals surface area (Å²) < 4.78 is 15.2. The average molecular weight is 392 g/mol. The number of esters is 1. The summed E-state index contributed by atoms with van der Waals surface area (Å²) in [7, 11) is 2.95. The molecular weight excluding hydrogens is 374 g/mol. The van der Waals surface area contributed by atoms with E-state index in [-0.39, 0.29) is 5.75 Å². The van der Waals surface area contributed by atoms with Gasteiger partial charge in [0.05, 0.1) is 19.2 Å². The number of hydrogen-bond donors (Lipinski definition) is 2. The van der Waals surface area contributed by atoms with Crippen molar-refractivity contribution in [2.24, 2.45) is 0 Å². The molecular formula is C19H18ClNO6. The zero-order chi connectivity index (χ0) is 19.8. The first kappa shape index (κ1) is 20.1. The van der Waals surface area contributed by atoms with E-state index >= 15 is 0 Å². The molecule has 0 aliphatic rings. The minimum absolute atomic E-state index is 0.0832. The molecule has 142 valence electrons. The fourth-order valence-electron chi connectivity index (χ4n) is 2.12.